The lowest BCUT2D eigenvalue weighted by molar-refractivity contribution is -0.145. The van der Waals surface area contributed by atoms with Gasteiger partial charge in [-0.1, -0.05) is 13.3 Å². The highest BCUT2D eigenvalue weighted by Crippen LogP contribution is 2.35. The molecule has 0 heterocycles. The van der Waals surface area contributed by atoms with E-state index in [0.29, 0.717) is 31.0 Å². The maximum atomic E-state index is 10.8. The first-order valence-electron chi connectivity index (χ1n) is 6.27. The van der Waals surface area contributed by atoms with Gasteiger partial charge in [-0.2, -0.15) is 0 Å². The Kier molecular flexibility index (Phi) is 5.45. The second kappa shape index (κ2) is 6.62. The second-order valence-corrected chi connectivity index (χ2v) is 4.92. The lowest BCUT2D eigenvalue weighted by atomic mass is 9.73. The van der Waals surface area contributed by atoms with Gasteiger partial charge in [0.05, 0.1) is 13.2 Å². The highest BCUT2D eigenvalue weighted by molar-refractivity contribution is 5.66. The number of rotatable bonds is 4. The third kappa shape index (κ3) is 4.75. The molecular weight excluding hydrogens is 220 g/mol. The number of carbonyl (C=O) groups is 2. The molecule has 0 aliphatic heterocycles. The third-order valence-electron chi connectivity index (χ3n) is 3.64. The molecule has 98 valence electrons. The number of ether oxygens (including phenoxy) is 2. The summed E-state index contributed by atoms with van der Waals surface area (Å²) in [5, 5.41) is 0. The van der Waals surface area contributed by atoms with Gasteiger partial charge in [0.15, 0.2) is 0 Å². The minimum absolute atomic E-state index is 0.223. The fraction of sp³-hybridized carbons (Fsp3) is 0.846. The van der Waals surface area contributed by atoms with Gasteiger partial charge in [0, 0.05) is 13.8 Å². The minimum Gasteiger partial charge on any atom is -0.466 e. The molecule has 0 saturated heterocycles. The average molecular weight is 242 g/mol. The van der Waals surface area contributed by atoms with Crippen LogP contribution in [0, 0.1) is 17.8 Å². The minimum atomic E-state index is -0.223. The van der Waals surface area contributed by atoms with Crippen molar-refractivity contribution in [3.63, 3.8) is 0 Å². The standard InChI is InChI=1S/C13H22O4/c1-9-12(7-16-10(2)14)5-4-6-13(9)8-17-11(3)15/h9,12-13H,4-8H2,1-3H3/t9?,12-,13?/m0/s1. The Balaban J connectivity index is 2.41. The van der Waals surface area contributed by atoms with E-state index in [4.69, 9.17) is 9.47 Å². The molecular formula is C13H22O4. The van der Waals surface area contributed by atoms with Crippen molar-refractivity contribution < 1.29 is 19.1 Å². The first-order valence-corrected chi connectivity index (χ1v) is 6.27. The van der Waals surface area contributed by atoms with Crippen molar-refractivity contribution >= 4 is 11.9 Å². The van der Waals surface area contributed by atoms with Crippen LogP contribution < -0.4 is 0 Å². The van der Waals surface area contributed by atoms with Crippen molar-refractivity contribution in [2.24, 2.45) is 17.8 Å². The highest BCUT2D eigenvalue weighted by atomic mass is 16.5. The number of esters is 2. The van der Waals surface area contributed by atoms with Crippen molar-refractivity contribution in [3.8, 4) is 0 Å². The molecule has 0 spiro atoms. The Bertz CT molecular complexity index is 249. The normalized spacial score (nSPS) is 28.5. The fourth-order valence-electron chi connectivity index (χ4n) is 2.47. The molecule has 0 aromatic carbocycles. The molecule has 1 aliphatic carbocycles. The summed E-state index contributed by atoms with van der Waals surface area (Å²) in [6, 6.07) is 0. The maximum Gasteiger partial charge on any atom is 0.302 e. The van der Waals surface area contributed by atoms with Gasteiger partial charge in [-0.15, -0.1) is 0 Å². The summed E-state index contributed by atoms with van der Waals surface area (Å²) < 4.78 is 10.2. The third-order valence-corrected chi connectivity index (χ3v) is 3.64. The van der Waals surface area contributed by atoms with Crippen LogP contribution in [0.1, 0.15) is 40.0 Å². The molecule has 17 heavy (non-hydrogen) atoms. The largest absolute Gasteiger partial charge is 0.466 e. The van der Waals surface area contributed by atoms with Crippen LogP contribution >= 0.6 is 0 Å². The smallest absolute Gasteiger partial charge is 0.302 e. The first-order chi connectivity index (χ1) is 8.00. The van der Waals surface area contributed by atoms with Crippen LogP contribution in [0.25, 0.3) is 0 Å². The average Bonchev–Trinajstić information content (AvgIpc) is 2.25. The monoisotopic (exact) mass is 242 g/mol. The molecule has 1 aliphatic rings. The zero-order chi connectivity index (χ0) is 12.8. The molecule has 2 unspecified atom stereocenters. The van der Waals surface area contributed by atoms with Gasteiger partial charge in [0.25, 0.3) is 0 Å². The van der Waals surface area contributed by atoms with Crippen LogP contribution in [0.5, 0.6) is 0 Å². The summed E-state index contributed by atoms with van der Waals surface area (Å²) in [7, 11) is 0. The molecule has 0 radical (unpaired) electrons. The topological polar surface area (TPSA) is 52.6 Å². The van der Waals surface area contributed by atoms with Crippen molar-refractivity contribution in [2.45, 2.75) is 40.0 Å². The summed E-state index contributed by atoms with van der Waals surface area (Å²) in [6.45, 7) is 6.01. The van der Waals surface area contributed by atoms with Crippen molar-refractivity contribution in [1.82, 2.24) is 0 Å². The SMILES string of the molecule is CC(=O)OCC1CCC[C@@H](COC(C)=O)C1C. The summed E-state index contributed by atoms with van der Waals surface area (Å²) in [4.78, 5) is 21.6. The lowest BCUT2D eigenvalue weighted by Gasteiger charge is -2.35. The van der Waals surface area contributed by atoms with Gasteiger partial charge in [-0.25, -0.2) is 0 Å². The first kappa shape index (κ1) is 14.0. The van der Waals surface area contributed by atoms with E-state index < -0.39 is 0 Å². The Labute approximate surface area is 103 Å². The van der Waals surface area contributed by atoms with E-state index in [1.807, 2.05) is 0 Å². The van der Waals surface area contributed by atoms with Crippen LogP contribution in [0.4, 0.5) is 0 Å². The van der Waals surface area contributed by atoms with Gasteiger partial charge in [0.1, 0.15) is 0 Å². The summed E-state index contributed by atoms with van der Waals surface area (Å²) in [6.07, 6.45) is 3.29. The predicted octanol–water partition coefficient (Wildman–Crippen LogP) is 2.17. The van der Waals surface area contributed by atoms with Crippen LogP contribution in [-0.2, 0) is 19.1 Å². The molecule has 1 fully saturated rings. The van der Waals surface area contributed by atoms with Crippen molar-refractivity contribution in [2.75, 3.05) is 13.2 Å². The molecule has 1 saturated carbocycles. The van der Waals surface area contributed by atoms with E-state index in [1.54, 1.807) is 0 Å². The number of carbonyl (C=O) groups excluding carboxylic acids is 2. The van der Waals surface area contributed by atoms with Crippen molar-refractivity contribution in [3.05, 3.63) is 0 Å². The highest BCUT2D eigenvalue weighted by Gasteiger charge is 2.31. The second-order valence-electron chi connectivity index (χ2n) is 4.92. The van der Waals surface area contributed by atoms with Gasteiger partial charge in [-0.05, 0) is 30.6 Å². The molecule has 0 amide bonds. The Morgan fingerprint density at radius 2 is 1.41 bits per heavy atom. The summed E-state index contributed by atoms with van der Waals surface area (Å²) in [5.41, 5.74) is 0. The van der Waals surface area contributed by atoms with E-state index in [-0.39, 0.29) is 11.9 Å². The van der Waals surface area contributed by atoms with E-state index in [1.165, 1.54) is 13.8 Å². The van der Waals surface area contributed by atoms with Crippen molar-refractivity contribution in [1.29, 1.82) is 0 Å². The van der Waals surface area contributed by atoms with Crippen LogP contribution in [-0.4, -0.2) is 25.2 Å². The Morgan fingerprint density at radius 1 is 1.00 bits per heavy atom. The van der Waals surface area contributed by atoms with Crippen LogP contribution in [0.15, 0.2) is 0 Å². The number of hydrogen-bond donors (Lipinski definition) is 0. The molecule has 4 heteroatoms. The number of hydrogen-bond acceptors (Lipinski definition) is 4. The molecule has 0 aromatic rings. The molecule has 4 nitrogen and oxygen atoms in total. The van der Waals surface area contributed by atoms with E-state index >= 15 is 0 Å². The van der Waals surface area contributed by atoms with Gasteiger partial charge in [-0.3, -0.25) is 9.59 Å². The zero-order valence-corrected chi connectivity index (χ0v) is 10.9. The molecule has 3 atom stereocenters. The predicted molar refractivity (Wildman–Crippen MR) is 63.3 cm³/mol. The molecule has 0 N–H and O–H groups in total. The maximum absolute atomic E-state index is 10.8. The van der Waals surface area contributed by atoms with Gasteiger partial charge in [0.2, 0.25) is 0 Å². The fourth-order valence-corrected chi connectivity index (χ4v) is 2.47. The summed E-state index contributed by atoms with van der Waals surface area (Å²) in [5.74, 6) is 0.780. The quantitative estimate of drug-likeness (QED) is 0.709. The molecule has 1 rings (SSSR count). The Hall–Kier alpha value is -1.06. The van der Waals surface area contributed by atoms with Gasteiger partial charge < -0.3 is 9.47 Å². The Morgan fingerprint density at radius 3 is 1.76 bits per heavy atom. The zero-order valence-electron chi connectivity index (χ0n) is 10.9. The van der Waals surface area contributed by atoms with E-state index in [9.17, 15) is 9.59 Å². The lowest BCUT2D eigenvalue weighted by Crippen LogP contribution is -2.32. The van der Waals surface area contributed by atoms with E-state index in [2.05, 4.69) is 6.92 Å². The van der Waals surface area contributed by atoms with Crippen LogP contribution in [0.2, 0.25) is 0 Å². The summed E-state index contributed by atoms with van der Waals surface area (Å²) >= 11 is 0. The van der Waals surface area contributed by atoms with E-state index in [0.717, 1.165) is 19.3 Å². The molecule has 0 bridgehead atoms. The van der Waals surface area contributed by atoms with Gasteiger partial charge >= 0.3 is 11.9 Å². The molecule has 0 aromatic heterocycles. The van der Waals surface area contributed by atoms with Crippen LogP contribution in [0.3, 0.4) is 0 Å².